The minimum Gasteiger partial charge on any atom is -0.414 e. The average molecular weight is 665 g/mol. The lowest BCUT2D eigenvalue weighted by molar-refractivity contribution is -0.162. The lowest BCUT2D eigenvalue weighted by Crippen LogP contribution is -2.61. The summed E-state index contributed by atoms with van der Waals surface area (Å²) in [6.07, 6.45) is 12.6. The van der Waals surface area contributed by atoms with E-state index in [1.807, 2.05) is 13.8 Å². The van der Waals surface area contributed by atoms with Gasteiger partial charge in [-0.3, -0.25) is 0 Å². The van der Waals surface area contributed by atoms with Crippen LogP contribution in [0.3, 0.4) is 0 Å². The van der Waals surface area contributed by atoms with Gasteiger partial charge < -0.3 is 19.1 Å². The molecule has 0 bridgehead atoms. The van der Waals surface area contributed by atoms with Crippen molar-refractivity contribution in [1.29, 1.82) is 0 Å². The molecule has 4 nitrogen and oxygen atoms in total. The van der Waals surface area contributed by atoms with Crippen molar-refractivity contribution >= 4 is 16.6 Å². The summed E-state index contributed by atoms with van der Waals surface area (Å²) in [4.78, 5) is 0. The summed E-state index contributed by atoms with van der Waals surface area (Å²) in [6.45, 7) is 34.9. The molecule has 0 aromatic carbocycles. The first-order valence-electron chi connectivity index (χ1n) is 19.0. The van der Waals surface area contributed by atoms with Crippen molar-refractivity contribution in [3.05, 3.63) is 0 Å². The largest absolute Gasteiger partial charge is 0.414 e. The first-order valence-corrected chi connectivity index (χ1v) is 24.8. The molecule has 0 aromatic rings. The van der Waals surface area contributed by atoms with Crippen LogP contribution in [0.15, 0.2) is 0 Å². The number of hydrogen-bond acceptors (Lipinski definition) is 4. The van der Waals surface area contributed by atoms with Gasteiger partial charge in [0.05, 0.1) is 17.3 Å². The van der Waals surface area contributed by atoms with Crippen LogP contribution in [0.4, 0.5) is 0 Å². The molecule has 4 fully saturated rings. The van der Waals surface area contributed by atoms with Crippen LogP contribution in [0.25, 0.3) is 0 Å². The molecule has 264 valence electrons. The van der Waals surface area contributed by atoms with Gasteiger partial charge in [0.2, 0.25) is 0 Å². The van der Waals surface area contributed by atoms with Gasteiger partial charge in [0.15, 0.2) is 16.6 Å². The molecular weight excluding hydrogens is 589 g/mol. The molecule has 4 aliphatic rings. The zero-order chi connectivity index (χ0) is 34.2. The molecule has 4 saturated carbocycles. The Hall–Kier alpha value is 0.274. The Morgan fingerprint density at radius 1 is 0.733 bits per heavy atom. The maximum absolute atomic E-state index is 12.1. The van der Waals surface area contributed by atoms with Crippen LogP contribution >= 0.6 is 0 Å². The van der Waals surface area contributed by atoms with Crippen LogP contribution in [-0.2, 0) is 8.85 Å². The van der Waals surface area contributed by atoms with Crippen molar-refractivity contribution < 1.29 is 19.1 Å². The maximum atomic E-state index is 12.1. The van der Waals surface area contributed by atoms with E-state index in [1.165, 1.54) is 51.4 Å². The second kappa shape index (κ2) is 12.2. The molecule has 0 saturated heterocycles. The van der Waals surface area contributed by atoms with Crippen molar-refractivity contribution in [2.45, 2.75) is 206 Å². The molecule has 2 N–H and O–H groups in total. The van der Waals surface area contributed by atoms with Gasteiger partial charge in [-0.2, -0.15) is 0 Å². The van der Waals surface area contributed by atoms with E-state index in [9.17, 15) is 10.2 Å². The molecule has 0 heterocycles. The molecular formula is C39H76O4Si2. The van der Waals surface area contributed by atoms with Gasteiger partial charge in [-0.05, 0) is 168 Å². The van der Waals surface area contributed by atoms with E-state index < -0.39 is 33.9 Å². The summed E-state index contributed by atoms with van der Waals surface area (Å²) in [5, 5.41) is 23.0. The minimum atomic E-state index is -2.17. The van der Waals surface area contributed by atoms with E-state index >= 15 is 0 Å². The molecule has 45 heavy (non-hydrogen) atoms. The van der Waals surface area contributed by atoms with Crippen molar-refractivity contribution in [1.82, 2.24) is 0 Å². The normalized spacial score (nSPS) is 38.6. The van der Waals surface area contributed by atoms with Crippen molar-refractivity contribution in [3.63, 3.8) is 0 Å². The maximum Gasteiger partial charge on any atom is 0.192 e. The zero-order valence-corrected chi connectivity index (χ0v) is 34.5. The van der Waals surface area contributed by atoms with E-state index in [0.717, 1.165) is 24.2 Å². The summed E-state index contributed by atoms with van der Waals surface area (Å²) < 4.78 is 14.5. The fourth-order valence-corrected chi connectivity index (χ4v) is 13.8. The molecule has 0 aliphatic heterocycles. The number of aliphatic hydroxyl groups is 2. The quantitative estimate of drug-likeness (QED) is 0.241. The number of aliphatic hydroxyl groups excluding tert-OH is 1. The monoisotopic (exact) mass is 665 g/mol. The number of rotatable bonds is 9. The van der Waals surface area contributed by atoms with Crippen molar-refractivity contribution in [2.24, 2.45) is 40.4 Å². The third-order valence-electron chi connectivity index (χ3n) is 15.5. The predicted molar refractivity (Wildman–Crippen MR) is 196 cm³/mol. The Balaban J connectivity index is 1.57. The summed E-state index contributed by atoms with van der Waals surface area (Å²) in [5.41, 5.74) is -0.782. The third-order valence-corrected chi connectivity index (χ3v) is 24.6. The fraction of sp³-hybridized carbons (Fsp3) is 1.00. The third kappa shape index (κ3) is 7.14. The first kappa shape index (κ1) is 38.1. The molecule has 4 aliphatic carbocycles. The second-order valence-electron chi connectivity index (χ2n) is 21.0. The van der Waals surface area contributed by atoms with Crippen LogP contribution in [0.1, 0.15) is 147 Å². The topological polar surface area (TPSA) is 58.9 Å². The van der Waals surface area contributed by atoms with Crippen LogP contribution < -0.4 is 0 Å². The van der Waals surface area contributed by atoms with Gasteiger partial charge in [-0.1, -0.05) is 55.4 Å². The molecule has 0 radical (unpaired) electrons. The zero-order valence-electron chi connectivity index (χ0n) is 32.5. The highest BCUT2D eigenvalue weighted by Gasteiger charge is 2.65. The van der Waals surface area contributed by atoms with Crippen LogP contribution in [-0.4, -0.2) is 50.3 Å². The number of hydrogen-bond donors (Lipinski definition) is 2. The number of fused-ring (bicyclic) bond motifs is 5. The molecule has 4 rings (SSSR count). The summed E-state index contributed by atoms with van der Waals surface area (Å²) >= 11 is 0. The summed E-state index contributed by atoms with van der Waals surface area (Å²) in [6, 6.07) is 0. The predicted octanol–water partition coefficient (Wildman–Crippen LogP) is 10.7. The van der Waals surface area contributed by atoms with Crippen LogP contribution in [0.5, 0.6) is 0 Å². The molecule has 0 spiro atoms. The Kier molecular flexibility index (Phi) is 10.4. The van der Waals surface area contributed by atoms with E-state index in [-0.39, 0.29) is 15.5 Å². The highest BCUT2D eigenvalue weighted by Crippen LogP contribution is 2.69. The molecule has 6 heteroatoms. The highest BCUT2D eigenvalue weighted by molar-refractivity contribution is 6.74. The molecule has 0 amide bonds. The van der Waals surface area contributed by atoms with E-state index in [0.29, 0.717) is 36.2 Å². The molecule has 0 aromatic heterocycles. The van der Waals surface area contributed by atoms with E-state index in [4.69, 9.17) is 8.85 Å². The Morgan fingerprint density at radius 2 is 1.29 bits per heavy atom. The van der Waals surface area contributed by atoms with Gasteiger partial charge in [0.1, 0.15) is 0 Å². The summed E-state index contributed by atoms with van der Waals surface area (Å²) in [7, 11) is -3.93. The van der Waals surface area contributed by atoms with Crippen LogP contribution in [0, 0.1) is 40.4 Å². The smallest absolute Gasteiger partial charge is 0.192 e. The average Bonchev–Trinajstić information content (AvgIpc) is 3.23. The van der Waals surface area contributed by atoms with Gasteiger partial charge >= 0.3 is 0 Å². The highest BCUT2D eigenvalue weighted by atomic mass is 28.4. The first-order chi connectivity index (χ1) is 20.2. The van der Waals surface area contributed by atoms with Crippen molar-refractivity contribution in [3.8, 4) is 0 Å². The standard InChI is InChI=1S/C39H76O4Si2/c1-34(2,3)44(12,13)42-28-20-24-37(9)27(26-28)16-17-29-30-18-19-32(38(30,10)25-21-31(29)37)39(11,33(40)22-23-36(7,8)41)43-45(14,15)35(4,5)6/h27-33,40-41H,16-26H2,1-15H3/t27-,28-,29-,30-,31-,32-,33+,37-,38-,39+/m0/s1. The Bertz CT molecular complexity index is 1040. The Morgan fingerprint density at radius 3 is 1.84 bits per heavy atom. The molecule has 10 atom stereocenters. The lowest BCUT2D eigenvalue weighted by atomic mass is 9.44. The second-order valence-corrected chi connectivity index (χ2v) is 30.5. The van der Waals surface area contributed by atoms with E-state index in [1.54, 1.807) is 0 Å². The minimum absolute atomic E-state index is 0.0704. The fourth-order valence-electron chi connectivity index (χ4n) is 10.7. The molecule has 0 unspecified atom stereocenters. The van der Waals surface area contributed by atoms with Gasteiger partial charge in [-0.15, -0.1) is 0 Å². The van der Waals surface area contributed by atoms with Crippen LogP contribution in [0.2, 0.25) is 36.3 Å². The van der Waals surface area contributed by atoms with Gasteiger partial charge in [-0.25, -0.2) is 0 Å². The van der Waals surface area contributed by atoms with Crippen molar-refractivity contribution in [2.75, 3.05) is 0 Å². The lowest BCUT2D eigenvalue weighted by Gasteiger charge is -2.62. The SMILES string of the molecule is CC(C)(O)CC[C@@H](O)[C@](C)(O[Si](C)(C)C(C)(C)C)[C@H]1CC[C@H]2[C@@H]3CC[C@H]4C[C@@H](O[Si](C)(C)C(C)(C)C)CC[C@]4(C)[C@H]3CC[C@@]21C. The van der Waals surface area contributed by atoms with Gasteiger partial charge in [0.25, 0.3) is 0 Å². The van der Waals surface area contributed by atoms with E-state index in [2.05, 4.69) is 88.5 Å². The van der Waals surface area contributed by atoms with Gasteiger partial charge in [0, 0.05) is 6.10 Å². The summed E-state index contributed by atoms with van der Waals surface area (Å²) in [5.74, 6) is 3.44. The Labute approximate surface area is 281 Å².